The molecular weight excluding hydrogens is 414 g/mol. The molecule has 1 fully saturated rings. The number of fused-ring (bicyclic) bond motifs is 1. The number of alkyl halides is 2. The summed E-state index contributed by atoms with van der Waals surface area (Å²) in [5, 5.41) is 9.86. The summed E-state index contributed by atoms with van der Waals surface area (Å²) in [6, 6.07) is 3.88. The number of anilines is 1. The second kappa shape index (κ2) is 8.16. The Labute approximate surface area is 175 Å². The Morgan fingerprint density at radius 2 is 1.97 bits per heavy atom. The van der Waals surface area contributed by atoms with Gasteiger partial charge in [0.05, 0.1) is 12.2 Å². The Hall–Kier alpha value is -3.17. The highest BCUT2D eigenvalue weighted by atomic mass is 19.3. The summed E-state index contributed by atoms with van der Waals surface area (Å²) in [4.78, 5) is 17.1. The average Bonchev–Trinajstić information content (AvgIpc) is 3.14. The van der Waals surface area contributed by atoms with Gasteiger partial charge < -0.3 is 10.6 Å². The number of nitrogens with one attached hydrogen (secondary N) is 2. The highest BCUT2D eigenvalue weighted by Crippen LogP contribution is 2.33. The molecule has 2 N–H and O–H groups in total. The lowest BCUT2D eigenvalue weighted by Crippen LogP contribution is -2.40. The summed E-state index contributed by atoms with van der Waals surface area (Å²) >= 11 is 0. The Balaban J connectivity index is 1.51. The molecule has 2 heterocycles. The number of amides is 1. The molecule has 164 valence electrons. The summed E-state index contributed by atoms with van der Waals surface area (Å²) in [6.07, 6.45) is 2.83. The number of carbonyl (C=O) groups is 1. The highest BCUT2D eigenvalue weighted by molar-refractivity contribution is 5.99. The molecule has 0 spiro atoms. The first kappa shape index (κ1) is 21.1. The van der Waals surface area contributed by atoms with E-state index in [1.807, 2.05) is 0 Å². The zero-order chi connectivity index (χ0) is 22.2. The minimum atomic E-state index is -2.67. The third-order valence-electron chi connectivity index (χ3n) is 5.46. The molecule has 1 atom stereocenters. The summed E-state index contributed by atoms with van der Waals surface area (Å²) in [5.74, 6) is -3.88. The van der Waals surface area contributed by atoms with Crippen molar-refractivity contribution in [2.24, 2.45) is 0 Å². The van der Waals surface area contributed by atoms with Gasteiger partial charge in [-0.3, -0.25) is 4.79 Å². The maximum Gasteiger partial charge on any atom is 0.256 e. The molecule has 6 nitrogen and oxygen atoms in total. The van der Waals surface area contributed by atoms with Gasteiger partial charge in [0.25, 0.3) is 5.91 Å². The second-order valence-electron chi connectivity index (χ2n) is 7.77. The number of hydrogen-bond donors (Lipinski definition) is 2. The monoisotopic (exact) mass is 435 g/mol. The average molecular weight is 435 g/mol. The number of nitrogens with zero attached hydrogens (tertiary/aromatic N) is 3. The number of rotatable bonds is 5. The summed E-state index contributed by atoms with van der Waals surface area (Å²) in [6.45, 7) is 1.66. The van der Waals surface area contributed by atoms with Crippen LogP contribution in [0.5, 0.6) is 0 Å². The molecule has 1 saturated carbocycles. The van der Waals surface area contributed by atoms with Gasteiger partial charge in [0, 0.05) is 30.6 Å². The van der Waals surface area contributed by atoms with Gasteiger partial charge in [0.15, 0.2) is 5.65 Å². The molecular formula is C21H21F4N5O. The van der Waals surface area contributed by atoms with E-state index in [0.717, 1.165) is 18.2 Å². The van der Waals surface area contributed by atoms with Gasteiger partial charge in [-0.1, -0.05) is 0 Å². The molecule has 4 rings (SSSR count). The third kappa shape index (κ3) is 4.62. The van der Waals surface area contributed by atoms with Gasteiger partial charge >= 0.3 is 0 Å². The number of carbonyl (C=O) groups excluding carboxylic acids is 1. The van der Waals surface area contributed by atoms with E-state index in [1.54, 1.807) is 19.2 Å². The van der Waals surface area contributed by atoms with Crippen molar-refractivity contribution < 1.29 is 22.4 Å². The van der Waals surface area contributed by atoms with Crippen molar-refractivity contribution in [3.63, 3.8) is 0 Å². The van der Waals surface area contributed by atoms with Crippen LogP contribution in [-0.2, 0) is 0 Å². The number of hydrogen-bond acceptors (Lipinski definition) is 4. The lowest BCUT2D eigenvalue weighted by molar-refractivity contribution is -0.0399. The van der Waals surface area contributed by atoms with E-state index in [2.05, 4.69) is 20.7 Å². The second-order valence-corrected chi connectivity index (χ2v) is 7.77. The van der Waals surface area contributed by atoms with E-state index in [4.69, 9.17) is 0 Å². The van der Waals surface area contributed by atoms with Crippen LogP contribution in [0.25, 0.3) is 5.65 Å². The van der Waals surface area contributed by atoms with Gasteiger partial charge in [-0.25, -0.2) is 27.1 Å². The van der Waals surface area contributed by atoms with Gasteiger partial charge in [0.1, 0.15) is 23.0 Å². The fraction of sp³-hybridized carbons (Fsp3) is 0.381. The quantitative estimate of drug-likeness (QED) is 0.580. The highest BCUT2D eigenvalue weighted by Gasteiger charge is 2.35. The Bertz CT molecular complexity index is 1110. The first-order valence-corrected chi connectivity index (χ1v) is 9.96. The number of benzene rings is 1. The smallest absolute Gasteiger partial charge is 0.256 e. The molecule has 0 radical (unpaired) electrons. The molecule has 3 aromatic rings. The molecule has 0 aliphatic heterocycles. The maximum absolute atomic E-state index is 14.0. The van der Waals surface area contributed by atoms with Crippen LogP contribution in [0.1, 0.15) is 54.6 Å². The summed E-state index contributed by atoms with van der Waals surface area (Å²) in [7, 11) is 0. The SMILES string of the molecule is C[C@@H](Nc1ccn2ncc(C(=O)NC3CCC(F)(F)CC3)c2n1)c1cc(F)ccc1F. The van der Waals surface area contributed by atoms with Crippen molar-refractivity contribution in [2.75, 3.05) is 5.32 Å². The van der Waals surface area contributed by atoms with Crippen LogP contribution in [-0.4, -0.2) is 32.5 Å². The molecule has 0 bridgehead atoms. The molecule has 1 aromatic carbocycles. The summed E-state index contributed by atoms with van der Waals surface area (Å²) in [5.41, 5.74) is 0.600. The van der Waals surface area contributed by atoms with Crippen LogP contribution in [0.3, 0.4) is 0 Å². The number of aromatic nitrogens is 3. The first-order chi connectivity index (χ1) is 14.7. The van der Waals surface area contributed by atoms with Crippen molar-refractivity contribution in [1.29, 1.82) is 0 Å². The van der Waals surface area contributed by atoms with Crippen LogP contribution < -0.4 is 10.6 Å². The molecule has 10 heteroatoms. The minimum Gasteiger partial charge on any atom is -0.363 e. The standard InChI is InChI=1S/C21H21F4N5O/c1-12(15-10-13(22)2-3-17(15)23)27-18-6-9-30-19(29-18)16(11-26-30)20(31)28-14-4-7-21(24,25)8-5-14/h2-3,6,9-12,14H,4-5,7-8H2,1H3,(H,27,29)(H,28,31)/t12-/m1/s1. The van der Waals surface area contributed by atoms with E-state index >= 15 is 0 Å². The van der Waals surface area contributed by atoms with Gasteiger partial charge in [0.2, 0.25) is 5.92 Å². The molecule has 1 aliphatic rings. The summed E-state index contributed by atoms with van der Waals surface area (Å²) < 4.78 is 55.6. The molecule has 1 aliphatic carbocycles. The fourth-order valence-electron chi connectivity index (χ4n) is 3.70. The fourth-order valence-corrected chi connectivity index (χ4v) is 3.70. The van der Waals surface area contributed by atoms with E-state index in [9.17, 15) is 22.4 Å². The van der Waals surface area contributed by atoms with E-state index in [1.165, 1.54) is 10.7 Å². The normalized spacial score (nSPS) is 17.5. The number of halogens is 4. The Morgan fingerprint density at radius 1 is 1.23 bits per heavy atom. The van der Waals surface area contributed by atoms with Gasteiger partial charge in [-0.2, -0.15) is 5.10 Å². The van der Waals surface area contributed by atoms with Crippen LogP contribution in [0.15, 0.2) is 36.7 Å². The maximum atomic E-state index is 14.0. The Kier molecular flexibility index (Phi) is 5.55. The largest absolute Gasteiger partial charge is 0.363 e. The van der Waals surface area contributed by atoms with Crippen molar-refractivity contribution in [2.45, 2.75) is 50.6 Å². The molecule has 0 unspecified atom stereocenters. The minimum absolute atomic E-state index is 0.141. The third-order valence-corrected chi connectivity index (χ3v) is 5.46. The van der Waals surface area contributed by atoms with Gasteiger partial charge in [-0.05, 0) is 44.0 Å². The van der Waals surface area contributed by atoms with Crippen LogP contribution in [0.4, 0.5) is 23.4 Å². The Morgan fingerprint density at radius 3 is 2.71 bits per heavy atom. The predicted octanol–water partition coefficient (Wildman–Crippen LogP) is 4.49. The molecule has 31 heavy (non-hydrogen) atoms. The van der Waals surface area contributed by atoms with Crippen molar-refractivity contribution >= 4 is 17.4 Å². The van der Waals surface area contributed by atoms with Crippen LogP contribution in [0, 0.1) is 11.6 Å². The topological polar surface area (TPSA) is 71.3 Å². The van der Waals surface area contributed by atoms with Crippen molar-refractivity contribution in [1.82, 2.24) is 19.9 Å². The van der Waals surface area contributed by atoms with Gasteiger partial charge in [-0.15, -0.1) is 0 Å². The van der Waals surface area contributed by atoms with Crippen LogP contribution >= 0.6 is 0 Å². The molecule has 1 amide bonds. The molecule has 2 aromatic heterocycles. The van der Waals surface area contributed by atoms with Crippen LogP contribution in [0.2, 0.25) is 0 Å². The van der Waals surface area contributed by atoms with Crippen molar-refractivity contribution in [3.05, 3.63) is 59.4 Å². The van der Waals surface area contributed by atoms with E-state index in [0.29, 0.717) is 5.82 Å². The van der Waals surface area contributed by atoms with E-state index in [-0.39, 0.29) is 48.5 Å². The predicted molar refractivity (Wildman–Crippen MR) is 106 cm³/mol. The lowest BCUT2D eigenvalue weighted by Gasteiger charge is -2.28. The lowest BCUT2D eigenvalue weighted by atomic mass is 9.92. The van der Waals surface area contributed by atoms with Crippen molar-refractivity contribution in [3.8, 4) is 0 Å². The first-order valence-electron chi connectivity index (χ1n) is 9.96. The van der Waals surface area contributed by atoms with E-state index < -0.39 is 29.5 Å². The zero-order valence-electron chi connectivity index (χ0n) is 16.7. The zero-order valence-corrected chi connectivity index (χ0v) is 16.7. The molecule has 0 saturated heterocycles.